The number of anilines is 3. The van der Waals surface area contributed by atoms with Gasteiger partial charge in [-0.05, 0) is 31.5 Å². The number of ether oxygens (including phenoxy) is 1. The molecule has 2 N–H and O–H groups in total. The van der Waals surface area contributed by atoms with E-state index in [1.807, 2.05) is 19.1 Å². The van der Waals surface area contributed by atoms with E-state index < -0.39 is 11.7 Å². The fraction of sp³-hybridized carbons (Fsp3) is 0.286. The van der Waals surface area contributed by atoms with Crippen LogP contribution in [0.5, 0.6) is 5.75 Å². The van der Waals surface area contributed by atoms with E-state index in [2.05, 4.69) is 30.6 Å². The highest BCUT2D eigenvalue weighted by Crippen LogP contribution is 2.31. The molecule has 0 saturated heterocycles. The van der Waals surface area contributed by atoms with Gasteiger partial charge in [-0.1, -0.05) is 0 Å². The number of rotatable bonds is 7. The minimum Gasteiger partial charge on any atom is -0.483 e. The van der Waals surface area contributed by atoms with Crippen molar-refractivity contribution in [3.8, 4) is 5.75 Å². The summed E-state index contributed by atoms with van der Waals surface area (Å²) in [7, 11) is 0. The lowest BCUT2D eigenvalue weighted by molar-refractivity contribution is -0.114. The Morgan fingerprint density at radius 1 is 1.13 bits per heavy atom. The summed E-state index contributed by atoms with van der Waals surface area (Å²) in [6.07, 6.45) is 3.11. The lowest BCUT2D eigenvalue weighted by Crippen LogP contribution is -2.14. The van der Waals surface area contributed by atoms with Gasteiger partial charge < -0.3 is 15.4 Å². The maximum atomic E-state index is 13.7. The van der Waals surface area contributed by atoms with E-state index in [0.29, 0.717) is 22.8 Å². The summed E-state index contributed by atoms with van der Waals surface area (Å²) in [5, 5.41) is 5.54. The van der Waals surface area contributed by atoms with Crippen LogP contribution >= 0.6 is 0 Å². The molecule has 3 aromatic rings. The van der Waals surface area contributed by atoms with Gasteiger partial charge in [0.2, 0.25) is 11.7 Å². The molecule has 1 amide bonds. The van der Waals surface area contributed by atoms with Crippen molar-refractivity contribution in [3.63, 3.8) is 0 Å². The zero-order chi connectivity index (χ0) is 22.6. The third-order valence-electron chi connectivity index (χ3n) is 4.03. The van der Waals surface area contributed by atoms with Crippen LogP contribution in [-0.4, -0.2) is 25.8 Å². The number of nitrogens with one attached hydrogen (secondary N) is 2. The molecule has 0 spiro atoms. The zero-order valence-electron chi connectivity index (χ0n) is 17.5. The minimum atomic E-state index is -3.20. The van der Waals surface area contributed by atoms with Gasteiger partial charge in [-0.2, -0.15) is 8.78 Å². The number of aromatic nitrogens is 4. The second kappa shape index (κ2) is 8.99. The summed E-state index contributed by atoms with van der Waals surface area (Å²) in [5.74, 6) is -3.35. The summed E-state index contributed by atoms with van der Waals surface area (Å²) in [6, 6.07) is 6.82. The van der Waals surface area contributed by atoms with Crippen LogP contribution in [0.25, 0.3) is 0 Å². The van der Waals surface area contributed by atoms with E-state index in [1.54, 1.807) is 13.1 Å². The molecule has 0 aliphatic carbocycles. The van der Waals surface area contributed by atoms with Crippen molar-refractivity contribution in [2.45, 2.75) is 40.2 Å². The molecule has 0 aliphatic heterocycles. The molecular formula is C21H22F2N6O2. The van der Waals surface area contributed by atoms with Crippen LogP contribution in [0.3, 0.4) is 0 Å². The molecular weight excluding hydrogens is 406 g/mol. The van der Waals surface area contributed by atoms with E-state index in [9.17, 15) is 13.6 Å². The van der Waals surface area contributed by atoms with Gasteiger partial charge in [0.15, 0.2) is 5.75 Å². The lowest BCUT2D eigenvalue weighted by Gasteiger charge is -2.16. The van der Waals surface area contributed by atoms with E-state index >= 15 is 0 Å². The van der Waals surface area contributed by atoms with Gasteiger partial charge in [0.1, 0.15) is 18.2 Å². The monoisotopic (exact) mass is 428 g/mol. The number of halogens is 2. The molecule has 162 valence electrons. The number of amides is 1. The molecule has 0 aliphatic rings. The molecule has 0 bridgehead atoms. The number of hydrogen-bond acceptors (Lipinski definition) is 7. The van der Waals surface area contributed by atoms with Crippen LogP contribution in [0, 0.1) is 13.8 Å². The molecule has 0 unspecified atom stereocenters. The summed E-state index contributed by atoms with van der Waals surface area (Å²) in [6.45, 7) is 5.79. The Morgan fingerprint density at radius 3 is 2.58 bits per heavy atom. The van der Waals surface area contributed by atoms with Gasteiger partial charge in [-0.3, -0.25) is 9.78 Å². The highest BCUT2D eigenvalue weighted by atomic mass is 19.3. The molecule has 3 aromatic heterocycles. The highest BCUT2D eigenvalue weighted by Gasteiger charge is 2.29. The number of alkyl halides is 2. The van der Waals surface area contributed by atoms with Crippen LogP contribution in [-0.2, 0) is 17.3 Å². The van der Waals surface area contributed by atoms with Crippen molar-refractivity contribution < 1.29 is 18.3 Å². The van der Waals surface area contributed by atoms with Crippen molar-refractivity contribution >= 4 is 23.2 Å². The highest BCUT2D eigenvalue weighted by molar-refractivity contribution is 5.88. The number of pyridine rings is 2. The van der Waals surface area contributed by atoms with E-state index in [-0.39, 0.29) is 24.1 Å². The third kappa shape index (κ3) is 6.14. The second-order valence-electron chi connectivity index (χ2n) is 7.09. The molecule has 31 heavy (non-hydrogen) atoms. The topological polar surface area (TPSA) is 102 Å². The van der Waals surface area contributed by atoms with Gasteiger partial charge >= 0.3 is 5.92 Å². The number of carbonyl (C=O) groups is 1. The van der Waals surface area contributed by atoms with Gasteiger partial charge in [0.25, 0.3) is 0 Å². The summed E-state index contributed by atoms with van der Waals surface area (Å²) < 4.78 is 33.3. The summed E-state index contributed by atoms with van der Waals surface area (Å²) in [4.78, 5) is 27.5. The van der Waals surface area contributed by atoms with Gasteiger partial charge in [-0.15, -0.1) is 0 Å². The van der Waals surface area contributed by atoms with Crippen LogP contribution in [0.2, 0.25) is 0 Å². The summed E-state index contributed by atoms with van der Waals surface area (Å²) >= 11 is 0. The van der Waals surface area contributed by atoms with E-state index in [4.69, 9.17) is 4.74 Å². The molecule has 0 fully saturated rings. The first-order valence-corrected chi connectivity index (χ1v) is 9.43. The largest absolute Gasteiger partial charge is 0.483 e. The fourth-order valence-electron chi connectivity index (χ4n) is 2.70. The smallest absolute Gasteiger partial charge is 0.303 e. The maximum absolute atomic E-state index is 13.7. The number of carbonyl (C=O) groups excluding carboxylic acids is 1. The third-order valence-corrected chi connectivity index (χ3v) is 4.03. The van der Waals surface area contributed by atoms with Crippen molar-refractivity contribution in [2.75, 3.05) is 10.6 Å². The molecule has 0 radical (unpaired) electrons. The first-order chi connectivity index (χ1) is 14.6. The molecule has 0 saturated carbocycles. The van der Waals surface area contributed by atoms with E-state index in [1.165, 1.54) is 25.3 Å². The molecule has 3 rings (SSSR count). The molecule has 8 nitrogen and oxygen atoms in total. The van der Waals surface area contributed by atoms with Crippen molar-refractivity contribution in [2.24, 2.45) is 0 Å². The predicted molar refractivity (Wildman–Crippen MR) is 111 cm³/mol. The van der Waals surface area contributed by atoms with Crippen LogP contribution in [0.4, 0.5) is 26.1 Å². The Morgan fingerprint density at radius 2 is 1.90 bits per heavy atom. The van der Waals surface area contributed by atoms with E-state index in [0.717, 1.165) is 12.5 Å². The number of nitrogens with zero attached hydrogens (tertiary/aromatic N) is 4. The van der Waals surface area contributed by atoms with Crippen LogP contribution in [0.1, 0.15) is 36.6 Å². The minimum absolute atomic E-state index is 0.155. The first-order valence-electron chi connectivity index (χ1n) is 9.43. The quantitative estimate of drug-likeness (QED) is 0.579. The number of aryl methyl sites for hydroxylation is 2. The Kier molecular flexibility index (Phi) is 6.38. The van der Waals surface area contributed by atoms with Crippen LogP contribution < -0.4 is 15.4 Å². The first kappa shape index (κ1) is 22.0. The molecule has 0 atom stereocenters. The van der Waals surface area contributed by atoms with Gasteiger partial charge in [0, 0.05) is 37.9 Å². The second-order valence-corrected chi connectivity index (χ2v) is 7.09. The van der Waals surface area contributed by atoms with Crippen LogP contribution in [0.15, 0.2) is 36.7 Å². The van der Waals surface area contributed by atoms with Gasteiger partial charge in [0.05, 0.1) is 17.6 Å². The molecule has 10 heteroatoms. The Labute approximate surface area is 178 Å². The normalized spacial score (nSPS) is 11.2. The lowest BCUT2D eigenvalue weighted by atomic mass is 10.2. The zero-order valence-corrected chi connectivity index (χ0v) is 17.5. The molecule has 3 heterocycles. The number of hydrogen-bond donors (Lipinski definition) is 2. The average molecular weight is 428 g/mol. The average Bonchev–Trinajstić information content (AvgIpc) is 2.66. The SMILES string of the molecule is CC(=O)Nc1cc(Nc2cc(C)nc(C(C)(F)F)n2)c(OCc2cc(C)ccn2)cn1. The van der Waals surface area contributed by atoms with Gasteiger partial charge in [-0.25, -0.2) is 15.0 Å². The maximum Gasteiger partial charge on any atom is 0.303 e. The van der Waals surface area contributed by atoms with Crippen molar-refractivity contribution in [1.82, 2.24) is 19.9 Å². The van der Waals surface area contributed by atoms with Crippen molar-refractivity contribution in [1.29, 1.82) is 0 Å². The molecule has 0 aromatic carbocycles. The Bertz CT molecular complexity index is 1100. The standard InChI is InChI=1S/C21H22F2N6O2/c1-12-5-6-24-15(7-12)11-31-17-10-25-18(27-14(3)30)9-16(17)28-19-8-13(2)26-20(29-19)21(4,22)23/h5-10H,11H2,1-4H3,(H2,25,26,27,28,29,30). The Hall–Kier alpha value is -3.69. The summed E-state index contributed by atoms with van der Waals surface area (Å²) in [5.41, 5.74) is 2.50. The fourth-order valence-corrected chi connectivity index (χ4v) is 2.70. The van der Waals surface area contributed by atoms with Crippen molar-refractivity contribution in [3.05, 3.63) is 59.4 Å². The predicted octanol–water partition coefficient (Wildman–Crippen LogP) is 4.28. The Balaban J connectivity index is 1.92.